The number of hydrogen-bond donors (Lipinski definition) is 1. The van der Waals surface area contributed by atoms with Crippen molar-refractivity contribution in [3.05, 3.63) is 29.6 Å². The molecular formula is C13H18FNO. The van der Waals surface area contributed by atoms with Crippen LogP contribution in [-0.2, 0) is 0 Å². The minimum Gasteiger partial charge on any atom is -0.490 e. The van der Waals surface area contributed by atoms with E-state index in [0.717, 1.165) is 31.2 Å². The van der Waals surface area contributed by atoms with E-state index >= 15 is 0 Å². The molecule has 0 amide bonds. The summed E-state index contributed by atoms with van der Waals surface area (Å²) in [5.74, 6) is 0.403. The van der Waals surface area contributed by atoms with Crippen LogP contribution in [0.5, 0.6) is 5.75 Å². The summed E-state index contributed by atoms with van der Waals surface area (Å²) < 4.78 is 18.9. The van der Waals surface area contributed by atoms with E-state index in [0.29, 0.717) is 5.75 Å². The highest BCUT2D eigenvalue weighted by Crippen LogP contribution is 2.25. The third-order valence-electron chi connectivity index (χ3n) is 3.11. The highest BCUT2D eigenvalue weighted by molar-refractivity contribution is 5.32. The third-order valence-corrected chi connectivity index (χ3v) is 3.11. The Morgan fingerprint density at radius 1 is 1.38 bits per heavy atom. The molecule has 2 unspecified atom stereocenters. The third kappa shape index (κ3) is 2.73. The number of aryl methyl sites for hydroxylation is 1. The van der Waals surface area contributed by atoms with Crippen molar-refractivity contribution in [3.8, 4) is 5.75 Å². The zero-order chi connectivity index (χ0) is 11.5. The van der Waals surface area contributed by atoms with Crippen molar-refractivity contribution in [1.82, 2.24) is 0 Å². The Labute approximate surface area is 95.6 Å². The molecule has 2 atom stereocenters. The predicted octanol–water partition coefficient (Wildman–Crippen LogP) is 2.78. The van der Waals surface area contributed by atoms with E-state index in [2.05, 4.69) is 0 Å². The number of halogens is 1. The van der Waals surface area contributed by atoms with Gasteiger partial charge in [-0.05, 0) is 44.2 Å². The fourth-order valence-electron chi connectivity index (χ4n) is 2.17. The first-order valence-electron chi connectivity index (χ1n) is 5.83. The highest BCUT2D eigenvalue weighted by atomic mass is 19.1. The standard InChI is InChI=1S/C13H18FNO/c1-9-5-6-10(14)7-13(9)16-12-4-2-3-11(15)8-12/h5-7,11-12H,2-4,8,15H2,1H3. The lowest BCUT2D eigenvalue weighted by Gasteiger charge is -2.27. The lowest BCUT2D eigenvalue weighted by molar-refractivity contribution is 0.143. The van der Waals surface area contributed by atoms with Crippen LogP contribution >= 0.6 is 0 Å². The van der Waals surface area contributed by atoms with Crippen LogP contribution in [-0.4, -0.2) is 12.1 Å². The van der Waals surface area contributed by atoms with Gasteiger partial charge >= 0.3 is 0 Å². The second-order valence-corrected chi connectivity index (χ2v) is 4.58. The van der Waals surface area contributed by atoms with Gasteiger partial charge in [0.15, 0.2) is 0 Å². The molecule has 0 heterocycles. The van der Waals surface area contributed by atoms with Crippen molar-refractivity contribution < 1.29 is 9.13 Å². The Morgan fingerprint density at radius 3 is 2.94 bits per heavy atom. The van der Waals surface area contributed by atoms with Gasteiger partial charge in [0.1, 0.15) is 17.7 Å². The average molecular weight is 223 g/mol. The van der Waals surface area contributed by atoms with Gasteiger partial charge in [-0.1, -0.05) is 6.07 Å². The van der Waals surface area contributed by atoms with Crippen molar-refractivity contribution in [1.29, 1.82) is 0 Å². The summed E-state index contributed by atoms with van der Waals surface area (Å²) in [6.07, 6.45) is 4.20. The van der Waals surface area contributed by atoms with Crippen LogP contribution < -0.4 is 10.5 Å². The molecular weight excluding hydrogens is 205 g/mol. The Bertz CT molecular complexity index is 367. The topological polar surface area (TPSA) is 35.2 Å². The summed E-state index contributed by atoms with van der Waals surface area (Å²) in [7, 11) is 0. The Kier molecular flexibility index (Phi) is 3.44. The van der Waals surface area contributed by atoms with Crippen LogP contribution in [0.1, 0.15) is 31.2 Å². The van der Waals surface area contributed by atoms with Crippen LogP contribution in [0.3, 0.4) is 0 Å². The van der Waals surface area contributed by atoms with Crippen LogP contribution in [0.25, 0.3) is 0 Å². The molecule has 0 bridgehead atoms. The minimum atomic E-state index is -0.249. The molecule has 1 aliphatic carbocycles. The van der Waals surface area contributed by atoms with E-state index in [9.17, 15) is 4.39 Å². The monoisotopic (exact) mass is 223 g/mol. The fraction of sp³-hybridized carbons (Fsp3) is 0.538. The van der Waals surface area contributed by atoms with Crippen molar-refractivity contribution in [2.24, 2.45) is 5.73 Å². The molecule has 1 aromatic rings. The number of hydrogen-bond acceptors (Lipinski definition) is 2. The summed E-state index contributed by atoms with van der Waals surface area (Å²) >= 11 is 0. The first-order valence-corrected chi connectivity index (χ1v) is 5.83. The maximum Gasteiger partial charge on any atom is 0.126 e. The first kappa shape index (κ1) is 11.4. The van der Waals surface area contributed by atoms with Gasteiger partial charge in [0.05, 0.1) is 0 Å². The number of ether oxygens (including phenoxy) is 1. The van der Waals surface area contributed by atoms with Crippen molar-refractivity contribution in [2.45, 2.75) is 44.8 Å². The molecule has 1 aliphatic rings. The molecule has 0 aliphatic heterocycles. The molecule has 2 N–H and O–H groups in total. The number of rotatable bonds is 2. The van der Waals surface area contributed by atoms with Gasteiger partial charge < -0.3 is 10.5 Å². The van der Waals surface area contributed by atoms with Crippen molar-refractivity contribution in [3.63, 3.8) is 0 Å². The largest absolute Gasteiger partial charge is 0.490 e. The summed E-state index contributed by atoms with van der Waals surface area (Å²) in [4.78, 5) is 0. The minimum absolute atomic E-state index is 0.143. The first-order chi connectivity index (χ1) is 7.65. The Balaban J connectivity index is 2.05. The van der Waals surface area contributed by atoms with Gasteiger partial charge in [0.2, 0.25) is 0 Å². The van der Waals surface area contributed by atoms with Crippen LogP contribution in [0, 0.1) is 12.7 Å². The van der Waals surface area contributed by atoms with Gasteiger partial charge in [-0.2, -0.15) is 0 Å². The fourth-order valence-corrected chi connectivity index (χ4v) is 2.17. The summed E-state index contributed by atoms with van der Waals surface area (Å²) in [6, 6.07) is 4.88. The zero-order valence-corrected chi connectivity index (χ0v) is 9.58. The highest BCUT2D eigenvalue weighted by Gasteiger charge is 2.21. The van der Waals surface area contributed by atoms with Crippen molar-refractivity contribution >= 4 is 0 Å². The summed E-state index contributed by atoms with van der Waals surface area (Å²) in [5.41, 5.74) is 6.87. The average Bonchev–Trinajstić information content (AvgIpc) is 2.24. The SMILES string of the molecule is Cc1ccc(F)cc1OC1CCCC(N)C1. The predicted molar refractivity (Wildman–Crippen MR) is 62.0 cm³/mol. The van der Waals surface area contributed by atoms with Gasteiger partial charge in [0.25, 0.3) is 0 Å². The van der Waals surface area contributed by atoms with Gasteiger partial charge in [-0.15, -0.1) is 0 Å². The maximum absolute atomic E-state index is 13.1. The van der Waals surface area contributed by atoms with Crippen molar-refractivity contribution in [2.75, 3.05) is 0 Å². The van der Waals surface area contributed by atoms with E-state index in [1.165, 1.54) is 12.1 Å². The lowest BCUT2D eigenvalue weighted by atomic mass is 9.93. The molecule has 1 saturated carbocycles. The lowest BCUT2D eigenvalue weighted by Crippen LogP contribution is -2.33. The van der Waals surface area contributed by atoms with Crippen LogP contribution in [0.15, 0.2) is 18.2 Å². The molecule has 1 fully saturated rings. The van der Waals surface area contributed by atoms with E-state index < -0.39 is 0 Å². The van der Waals surface area contributed by atoms with Crippen LogP contribution in [0.4, 0.5) is 4.39 Å². The van der Waals surface area contributed by atoms with E-state index in [-0.39, 0.29) is 18.0 Å². The number of benzene rings is 1. The number of nitrogens with two attached hydrogens (primary N) is 1. The summed E-state index contributed by atoms with van der Waals surface area (Å²) in [5, 5.41) is 0. The quantitative estimate of drug-likeness (QED) is 0.836. The van der Waals surface area contributed by atoms with Gasteiger partial charge in [0, 0.05) is 12.1 Å². The van der Waals surface area contributed by atoms with Crippen LogP contribution in [0.2, 0.25) is 0 Å². The smallest absolute Gasteiger partial charge is 0.126 e. The molecule has 2 nitrogen and oxygen atoms in total. The molecule has 2 rings (SSSR count). The molecule has 0 saturated heterocycles. The normalized spacial score (nSPS) is 25.4. The molecule has 3 heteroatoms. The van der Waals surface area contributed by atoms with E-state index in [1.54, 1.807) is 6.07 Å². The second kappa shape index (κ2) is 4.83. The molecule has 16 heavy (non-hydrogen) atoms. The molecule has 88 valence electrons. The molecule has 1 aromatic carbocycles. The summed E-state index contributed by atoms with van der Waals surface area (Å²) in [6.45, 7) is 1.93. The zero-order valence-electron chi connectivity index (χ0n) is 9.58. The van der Waals surface area contributed by atoms with Gasteiger partial charge in [-0.25, -0.2) is 4.39 Å². The second-order valence-electron chi connectivity index (χ2n) is 4.58. The molecule has 0 radical (unpaired) electrons. The molecule has 0 spiro atoms. The Hall–Kier alpha value is -1.09. The van der Waals surface area contributed by atoms with E-state index in [4.69, 9.17) is 10.5 Å². The Morgan fingerprint density at radius 2 is 2.19 bits per heavy atom. The molecule has 0 aromatic heterocycles. The van der Waals surface area contributed by atoms with Gasteiger partial charge in [-0.3, -0.25) is 0 Å². The maximum atomic E-state index is 13.1. The van der Waals surface area contributed by atoms with E-state index in [1.807, 2.05) is 6.92 Å².